The molecule has 0 spiro atoms. The van der Waals surface area contributed by atoms with E-state index in [1.807, 2.05) is 38.1 Å². The van der Waals surface area contributed by atoms with Gasteiger partial charge < -0.3 is 14.2 Å². The second-order valence-corrected chi connectivity index (χ2v) is 7.14. The summed E-state index contributed by atoms with van der Waals surface area (Å²) in [5, 5.41) is 0.695. The molecule has 0 atom stereocenters. The third-order valence-electron chi connectivity index (χ3n) is 3.54. The fraction of sp³-hybridized carbons (Fsp3) is 0.300. The number of halogens is 3. The SMILES string of the molecule is Cc1cc(OCC=C(Cl)Cl)cc(C)c1OCCCOc1ccc(Cl)cc1. The minimum atomic E-state index is 0.194. The van der Waals surface area contributed by atoms with Crippen molar-refractivity contribution in [3.05, 3.63) is 63.1 Å². The highest BCUT2D eigenvalue weighted by Crippen LogP contribution is 2.28. The second-order valence-electron chi connectivity index (χ2n) is 5.70. The highest BCUT2D eigenvalue weighted by Gasteiger charge is 2.07. The largest absolute Gasteiger partial charge is 0.493 e. The first-order valence-corrected chi connectivity index (χ1v) is 9.35. The molecule has 26 heavy (non-hydrogen) atoms. The summed E-state index contributed by atoms with van der Waals surface area (Å²) in [6.45, 7) is 5.45. The fourth-order valence-electron chi connectivity index (χ4n) is 2.38. The van der Waals surface area contributed by atoms with Crippen LogP contribution in [0.2, 0.25) is 5.02 Å². The standard InChI is InChI=1S/C20H21Cl3O3/c1-14-12-18(25-11-8-19(22)23)13-15(2)20(14)26-10-3-9-24-17-6-4-16(21)5-7-17/h4-8,12-13H,3,9-11H2,1-2H3. The van der Waals surface area contributed by atoms with E-state index in [1.165, 1.54) is 0 Å². The first kappa shape index (κ1) is 20.8. The zero-order valence-corrected chi connectivity index (χ0v) is 17.0. The van der Waals surface area contributed by atoms with Crippen LogP contribution in [0.3, 0.4) is 0 Å². The highest BCUT2D eigenvalue weighted by atomic mass is 35.5. The Kier molecular flexibility index (Phi) is 8.43. The predicted molar refractivity (Wildman–Crippen MR) is 108 cm³/mol. The van der Waals surface area contributed by atoms with Crippen LogP contribution in [-0.4, -0.2) is 19.8 Å². The van der Waals surface area contributed by atoms with Gasteiger partial charge in [0.1, 0.15) is 28.3 Å². The van der Waals surface area contributed by atoms with Gasteiger partial charge in [-0.15, -0.1) is 0 Å². The van der Waals surface area contributed by atoms with Crippen molar-refractivity contribution < 1.29 is 14.2 Å². The number of ether oxygens (including phenoxy) is 3. The molecule has 0 saturated heterocycles. The fourth-order valence-corrected chi connectivity index (χ4v) is 2.63. The molecule has 0 aliphatic heterocycles. The molecule has 0 aliphatic rings. The van der Waals surface area contributed by atoms with Gasteiger partial charge in [0, 0.05) is 11.4 Å². The van der Waals surface area contributed by atoms with Crippen LogP contribution >= 0.6 is 34.8 Å². The third kappa shape index (κ3) is 6.99. The van der Waals surface area contributed by atoms with Gasteiger partial charge in [-0.2, -0.15) is 0 Å². The first-order valence-electron chi connectivity index (χ1n) is 8.22. The van der Waals surface area contributed by atoms with Crippen LogP contribution in [0.25, 0.3) is 0 Å². The zero-order chi connectivity index (χ0) is 18.9. The molecule has 140 valence electrons. The molecule has 6 heteroatoms. The van der Waals surface area contributed by atoms with Gasteiger partial charge in [-0.3, -0.25) is 0 Å². The maximum Gasteiger partial charge on any atom is 0.125 e. The van der Waals surface area contributed by atoms with Gasteiger partial charge in [-0.1, -0.05) is 34.8 Å². The van der Waals surface area contributed by atoms with Crippen molar-refractivity contribution >= 4 is 34.8 Å². The molecule has 0 aliphatic carbocycles. The summed E-state index contributed by atoms with van der Waals surface area (Å²) in [4.78, 5) is 0. The average Bonchev–Trinajstić information content (AvgIpc) is 2.58. The Morgan fingerprint density at radius 1 is 0.885 bits per heavy atom. The minimum Gasteiger partial charge on any atom is -0.493 e. The van der Waals surface area contributed by atoms with Crippen LogP contribution < -0.4 is 14.2 Å². The topological polar surface area (TPSA) is 27.7 Å². The van der Waals surface area contributed by atoms with Crippen molar-refractivity contribution in [3.8, 4) is 17.2 Å². The Balaban J connectivity index is 1.79. The summed E-state index contributed by atoms with van der Waals surface area (Å²) in [5.74, 6) is 2.42. The van der Waals surface area contributed by atoms with Gasteiger partial charge in [0.15, 0.2) is 0 Å². The van der Waals surface area contributed by atoms with E-state index in [1.54, 1.807) is 18.2 Å². The van der Waals surface area contributed by atoms with Gasteiger partial charge >= 0.3 is 0 Å². The van der Waals surface area contributed by atoms with Crippen LogP contribution in [0.15, 0.2) is 47.0 Å². The Bertz CT molecular complexity index is 715. The molecule has 0 heterocycles. The zero-order valence-electron chi connectivity index (χ0n) is 14.7. The predicted octanol–water partition coefficient (Wildman–Crippen LogP) is 6.50. The monoisotopic (exact) mass is 414 g/mol. The molecule has 0 fully saturated rings. The van der Waals surface area contributed by atoms with Crippen molar-refractivity contribution in [1.29, 1.82) is 0 Å². The molecule has 0 saturated carbocycles. The van der Waals surface area contributed by atoms with Crippen LogP contribution in [0.5, 0.6) is 17.2 Å². The maximum atomic E-state index is 5.91. The number of hydrogen-bond donors (Lipinski definition) is 0. The Morgan fingerprint density at radius 3 is 2.12 bits per heavy atom. The molecule has 0 amide bonds. The van der Waals surface area contributed by atoms with Crippen molar-refractivity contribution in [2.45, 2.75) is 20.3 Å². The molecular formula is C20H21Cl3O3. The summed E-state index contributed by atoms with van der Waals surface area (Å²) < 4.78 is 17.4. The summed E-state index contributed by atoms with van der Waals surface area (Å²) in [6.07, 6.45) is 2.37. The second kappa shape index (κ2) is 10.6. The van der Waals surface area contributed by atoms with E-state index in [0.29, 0.717) is 24.8 Å². The highest BCUT2D eigenvalue weighted by molar-refractivity contribution is 6.55. The van der Waals surface area contributed by atoms with Gasteiger partial charge in [0.05, 0.1) is 13.2 Å². The normalized spacial score (nSPS) is 10.3. The van der Waals surface area contributed by atoms with E-state index < -0.39 is 0 Å². The number of benzene rings is 2. The molecular weight excluding hydrogens is 395 g/mol. The summed E-state index contributed by atoms with van der Waals surface area (Å²) in [6, 6.07) is 11.2. The average molecular weight is 416 g/mol. The molecule has 0 bridgehead atoms. The van der Waals surface area contributed by atoms with E-state index in [2.05, 4.69) is 0 Å². The molecule has 2 rings (SSSR count). The Morgan fingerprint density at radius 2 is 1.50 bits per heavy atom. The van der Waals surface area contributed by atoms with Gasteiger partial charge in [-0.05, 0) is 67.4 Å². The van der Waals surface area contributed by atoms with Gasteiger partial charge in [0.2, 0.25) is 0 Å². The van der Waals surface area contributed by atoms with Crippen molar-refractivity contribution in [2.24, 2.45) is 0 Å². The summed E-state index contributed by atoms with van der Waals surface area (Å²) >= 11 is 17.0. The Labute approximate surface area is 169 Å². The number of rotatable bonds is 9. The lowest BCUT2D eigenvalue weighted by Gasteiger charge is -2.14. The molecule has 0 aromatic heterocycles. The van der Waals surface area contributed by atoms with Crippen LogP contribution in [0, 0.1) is 13.8 Å². The third-order valence-corrected chi connectivity index (χ3v) is 4.10. The van der Waals surface area contributed by atoms with E-state index >= 15 is 0 Å². The molecule has 0 unspecified atom stereocenters. The van der Waals surface area contributed by atoms with Gasteiger partial charge in [-0.25, -0.2) is 0 Å². The smallest absolute Gasteiger partial charge is 0.125 e. The molecule has 3 nitrogen and oxygen atoms in total. The quantitative estimate of drug-likeness (QED) is 0.437. The van der Waals surface area contributed by atoms with E-state index in [-0.39, 0.29) is 4.49 Å². The minimum absolute atomic E-state index is 0.194. The maximum absolute atomic E-state index is 5.91. The number of aryl methyl sites for hydroxylation is 2. The van der Waals surface area contributed by atoms with Crippen molar-refractivity contribution in [1.82, 2.24) is 0 Å². The van der Waals surface area contributed by atoms with Crippen molar-refractivity contribution in [3.63, 3.8) is 0 Å². The summed E-state index contributed by atoms with van der Waals surface area (Å²) in [7, 11) is 0. The van der Waals surface area contributed by atoms with E-state index in [4.69, 9.17) is 49.0 Å². The van der Waals surface area contributed by atoms with Gasteiger partial charge in [0.25, 0.3) is 0 Å². The lowest BCUT2D eigenvalue weighted by Crippen LogP contribution is -2.06. The summed E-state index contributed by atoms with van der Waals surface area (Å²) in [5.41, 5.74) is 2.03. The van der Waals surface area contributed by atoms with E-state index in [0.717, 1.165) is 34.8 Å². The van der Waals surface area contributed by atoms with Crippen LogP contribution in [0.1, 0.15) is 17.5 Å². The van der Waals surface area contributed by atoms with Crippen LogP contribution in [0.4, 0.5) is 0 Å². The Hall–Kier alpha value is -1.55. The first-order chi connectivity index (χ1) is 12.5. The van der Waals surface area contributed by atoms with Crippen LogP contribution in [-0.2, 0) is 0 Å². The van der Waals surface area contributed by atoms with E-state index in [9.17, 15) is 0 Å². The lowest BCUT2D eigenvalue weighted by molar-refractivity contribution is 0.245. The lowest BCUT2D eigenvalue weighted by atomic mass is 10.1. The van der Waals surface area contributed by atoms with Crippen molar-refractivity contribution in [2.75, 3.05) is 19.8 Å². The molecule has 2 aromatic rings. The molecule has 0 N–H and O–H groups in total. The molecule has 2 aromatic carbocycles. The molecule has 0 radical (unpaired) electrons. The number of hydrogen-bond acceptors (Lipinski definition) is 3.